The second-order valence-electron chi connectivity index (χ2n) is 2.97. The summed E-state index contributed by atoms with van der Waals surface area (Å²) in [6.07, 6.45) is 0. The second-order valence-corrected chi connectivity index (χ2v) is 3.83. The van der Waals surface area contributed by atoms with Crippen LogP contribution in [0.3, 0.4) is 0 Å². The van der Waals surface area contributed by atoms with Crippen molar-refractivity contribution in [3.8, 4) is 6.07 Å². The number of hydrogen-bond donors (Lipinski definition) is 1. The van der Waals surface area contributed by atoms with Gasteiger partial charge in [0.1, 0.15) is 0 Å². The maximum atomic E-state index is 8.89. The van der Waals surface area contributed by atoms with Gasteiger partial charge < -0.3 is 5.73 Å². The zero-order valence-corrected chi connectivity index (χ0v) is 8.88. The number of nitrogen functional groups attached to an aromatic ring is 1. The van der Waals surface area contributed by atoms with Crippen LogP contribution in [0, 0.1) is 11.3 Å². The van der Waals surface area contributed by atoms with Gasteiger partial charge in [-0.25, -0.2) is 0 Å². The third-order valence-electron chi connectivity index (χ3n) is 2.17. The molecule has 14 heavy (non-hydrogen) atoms. The van der Waals surface area contributed by atoms with E-state index in [0.717, 1.165) is 15.2 Å². The van der Waals surface area contributed by atoms with Crippen LogP contribution in [-0.4, -0.2) is 0 Å². The van der Waals surface area contributed by atoms with Crippen LogP contribution in [-0.2, 0) is 0 Å². The summed E-state index contributed by atoms with van der Waals surface area (Å²) < 4.78 is 0.861. The zero-order chi connectivity index (χ0) is 10.1. The van der Waals surface area contributed by atoms with Crippen LogP contribution in [0.15, 0.2) is 34.8 Å². The Labute approximate surface area is 90.1 Å². The Morgan fingerprint density at radius 3 is 2.64 bits per heavy atom. The molecule has 3 heteroatoms. The van der Waals surface area contributed by atoms with Gasteiger partial charge in [-0.15, -0.1) is 0 Å². The first-order valence-electron chi connectivity index (χ1n) is 4.11. The number of rotatable bonds is 0. The van der Waals surface area contributed by atoms with Gasteiger partial charge in [0, 0.05) is 15.2 Å². The van der Waals surface area contributed by atoms with Gasteiger partial charge in [-0.3, -0.25) is 0 Å². The van der Waals surface area contributed by atoms with E-state index in [2.05, 4.69) is 22.0 Å². The van der Waals surface area contributed by atoms with Crippen LogP contribution in [0.25, 0.3) is 10.8 Å². The number of benzene rings is 2. The van der Waals surface area contributed by atoms with Gasteiger partial charge in [0.05, 0.1) is 17.3 Å². The van der Waals surface area contributed by atoms with Gasteiger partial charge in [0.25, 0.3) is 0 Å². The van der Waals surface area contributed by atoms with E-state index in [1.165, 1.54) is 0 Å². The monoisotopic (exact) mass is 246 g/mol. The highest BCUT2D eigenvalue weighted by Gasteiger charge is 2.04. The molecule has 0 aliphatic carbocycles. The summed E-state index contributed by atoms with van der Waals surface area (Å²) in [5, 5.41) is 10.7. The molecule has 0 aromatic heterocycles. The number of anilines is 1. The van der Waals surface area contributed by atoms with Crippen molar-refractivity contribution in [2.45, 2.75) is 0 Å². The second kappa shape index (κ2) is 3.32. The van der Waals surface area contributed by atoms with Crippen molar-refractivity contribution in [2.75, 3.05) is 5.73 Å². The van der Waals surface area contributed by atoms with E-state index in [1.54, 1.807) is 6.07 Å². The lowest BCUT2D eigenvalue weighted by atomic mass is 10.0. The highest BCUT2D eigenvalue weighted by molar-refractivity contribution is 9.10. The molecule has 2 aromatic carbocycles. The molecular formula is C11H7BrN2. The first kappa shape index (κ1) is 9.04. The minimum atomic E-state index is 0.654. The molecule has 0 fully saturated rings. The third kappa shape index (κ3) is 1.24. The summed E-state index contributed by atoms with van der Waals surface area (Å²) in [7, 11) is 0. The van der Waals surface area contributed by atoms with E-state index in [0.29, 0.717) is 11.3 Å². The van der Waals surface area contributed by atoms with E-state index >= 15 is 0 Å². The van der Waals surface area contributed by atoms with Gasteiger partial charge in [-0.2, -0.15) is 5.26 Å². The number of nitrogens with zero attached hydrogens (tertiary/aromatic N) is 1. The molecule has 0 heterocycles. The van der Waals surface area contributed by atoms with E-state index in [4.69, 9.17) is 11.0 Å². The molecule has 68 valence electrons. The van der Waals surface area contributed by atoms with Gasteiger partial charge >= 0.3 is 0 Å². The topological polar surface area (TPSA) is 49.8 Å². The summed E-state index contributed by atoms with van der Waals surface area (Å²) >= 11 is 3.35. The van der Waals surface area contributed by atoms with Crippen LogP contribution in [0.1, 0.15) is 5.56 Å². The molecule has 0 amide bonds. The highest BCUT2D eigenvalue weighted by Crippen LogP contribution is 2.30. The Hall–Kier alpha value is -1.53. The summed E-state index contributed by atoms with van der Waals surface area (Å²) in [6.45, 7) is 0. The Morgan fingerprint density at radius 1 is 1.14 bits per heavy atom. The van der Waals surface area contributed by atoms with Crippen molar-refractivity contribution < 1.29 is 0 Å². The van der Waals surface area contributed by atoms with E-state index in [9.17, 15) is 0 Å². The number of hydrogen-bond acceptors (Lipinski definition) is 2. The first-order valence-corrected chi connectivity index (χ1v) is 4.90. The predicted molar refractivity (Wildman–Crippen MR) is 60.8 cm³/mol. The molecule has 0 bridgehead atoms. The molecule has 0 aliphatic heterocycles. The summed E-state index contributed by atoms with van der Waals surface area (Å²) in [5.41, 5.74) is 7.22. The number of nitrogens with two attached hydrogens (primary N) is 1. The van der Waals surface area contributed by atoms with Crippen molar-refractivity contribution in [3.05, 3.63) is 40.4 Å². The molecule has 0 atom stereocenters. The average Bonchev–Trinajstić information content (AvgIpc) is 2.23. The zero-order valence-electron chi connectivity index (χ0n) is 7.29. The minimum absolute atomic E-state index is 0.654. The average molecular weight is 247 g/mol. The van der Waals surface area contributed by atoms with Gasteiger partial charge in [-0.05, 0) is 28.1 Å². The fourth-order valence-corrected chi connectivity index (χ4v) is 1.80. The molecular weight excluding hydrogens is 240 g/mol. The van der Waals surface area contributed by atoms with Crippen molar-refractivity contribution in [2.24, 2.45) is 0 Å². The van der Waals surface area contributed by atoms with Crippen molar-refractivity contribution in [3.63, 3.8) is 0 Å². The van der Waals surface area contributed by atoms with E-state index in [1.807, 2.05) is 24.3 Å². The molecule has 0 saturated carbocycles. The van der Waals surface area contributed by atoms with Crippen molar-refractivity contribution in [1.82, 2.24) is 0 Å². The minimum Gasteiger partial charge on any atom is -0.397 e. The lowest BCUT2D eigenvalue weighted by Crippen LogP contribution is -1.89. The molecule has 0 radical (unpaired) electrons. The Balaban J connectivity index is 2.95. The molecule has 2 nitrogen and oxygen atoms in total. The maximum absolute atomic E-state index is 8.89. The standard InChI is InChI=1S/C11H7BrN2/c12-10-5-4-8-7(6-13)2-1-3-9(8)11(10)14/h1-5H,14H2. The Bertz CT molecular complexity index is 541. The highest BCUT2D eigenvalue weighted by atomic mass is 79.9. The van der Waals surface area contributed by atoms with E-state index < -0.39 is 0 Å². The Kier molecular flexibility index (Phi) is 2.14. The van der Waals surface area contributed by atoms with Crippen LogP contribution < -0.4 is 5.73 Å². The number of nitriles is 1. The van der Waals surface area contributed by atoms with Crippen LogP contribution in [0.5, 0.6) is 0 Å². The molecule has 0 spiro atoms. The van der Waals surface area contributed by atoms with Gasteiger partial charge in [0.2, 0.25) is 0 Å². The lowest BCUT2D eigenvalue weighted by molar-refractivity contribution is 1.50. The molecule has 2 aromatic rings. The SMILES string of the molecule is N#Cc1cccc2c(N)c(Br)ccc12. The molecule has 2 rings (SSSR count). The van der Waals surface area contributed by atoms with Crippen molar-refractivity contribution >= 4 is 32.4 Å². The molecule has 2 N–H and O–H groups in total. The molecule has 0 unspecified atom stereocenters. The quantitative estimate of drug-likeness (QED) is 0.727. The van der Waals surface area contributed by atoms with Crippen LogP contribution >= 0.6 is 15.9 Å². The smallest absolute Gasteiger partial charge is 0.0998 e. The maximum Gasteiger partial charge on any atom is 0.0998 e. The van der Waals surface area contributed by atoms with Crippen LogP contribution in [0.4, 0.5) is 5.69 Å². The third-order valence-corrected chi connectivity index (χ3v) is 2.86. The van der Waals surface area contributed by atoms with Gasteiger partial charge in [0.15, 0.2) is 0 Å². The Morgan fingerprint density at radius 2 is 1.93 bits per heavy atom. The number of halogens is 1. The molecule has 0 saturated heterocycles. The number of fused-ring (bicyclic) bond motifs is 1. The lowest BCUT2D eigenvalue weighted by Gasteiger charge is -2.04. The van der Waals surface area contributed by atoms with Gasteiger partial charge in [-0.1, -0.05) is 18.2 Å². The predicted octanol–water partition coefficient (Wildman–Crippen LogP) is 3.06. The van der Waals surface area contributed by atoms with E-state index in [-0.39, 0.29) is 0 Å². The largest absolute Gasteiger partial charge is 0.397 e. The van der Waals surface area contributed by atoms with Crippen LogP contribution in [0.2, 0.25) is 0 Å². The van der Waals surface area contributed by atoms with Crippen molar-refractivity contribution in [1.29, 1.82) is 5.26 Å². The fourth-order valence-electron chi connectivity index (χ4n) is 1.45. The summed E-state index contributed by atoms with van der Waals surface area (Å²) in [4.78, 5) is 0. The fraction of sp³-hybridized carbons (Fsp3) is 0. The normalized spacial score (nSPS) is 10.0. The first-order chi connectivity index (χ1) is 6.74. The molecule has 0 aliphatic rings. The summed E-state index contributed by atoms with van der Waals surface area (Å²) in [5.74, 6) is 0. The summed E-state index contributed by atoms with van der Waals surface area (Å²) in [6, 6.07) is 11.4.